The molecule has 1 heterocycles. The fourth-order valence-corrected chi connectivity index (χ4v) is 3.28. The molecule has 0 bridgehead atoms. The number of hydrogen-bond donors (Lipinski definition) is 2. The monoisotopic (exact) mass is 575 g/mol. The van der Waals surface area contributed by atoms with Crippen molar-refractivity contribution >= 4 is 0 Å². The molecular weight excluding hydrogens is 535 g/mol. The second-order valence-electron chi connectivity index (χ2n) is 7.79. The van der Waals surface area contributed by atoms with Crippen molar-refractivity contribution in [2.75, 3.05) is 79.5 Å². The average molecular weight is 577 g/mol. The van der Waals surface area contributed by atoms with Crippen LogP contribution in [0.15, 0.2) is 0 Å². The van der Waals surface area contributed by atoms with E-state index in [0.717, 1.165) is 0 Å². The van der Waals surface area contributed by atoms with E-state index in [9.17, 15) is 0 Å². The Hall–Kier alpha value is 0.619. The van der Waals surface area contributed by atoms with E-state index in [1.807, 2.05) is 0 Å². The molecule has 0 unspecified atom stereocenters. The van der Waals surface area contributed by atoms with Crippen LogP contribution in [0, 0.1) is 20.5 Å². The van der Waals surface area contributed by atoms with E-state index in [-0.39, 0.29) is 17.1 Å². The Morgan fingerprint density at radius 3 is 1.09 bits per heavy atom. The van der Waals surface area contributed by atoms with Crippen molar-refractivity contribution in [3.8, 4) is 0 Å². The van der Waals surface area contributed by atoms with Crippen molar-refractivity contribution in [2.45, 2.75) is 39.5 Å². The molecule has 33 heavy (non-hydrogen) atoms. The summed E-state index contributed by atoms with van der Waals surface area (Å²) in [6, 6.07) is 0. The van der Waals surface area contributed by atoms with Gasteiger partial charge in [-0.3, -0.25) is 0 Å². The quantitative estimate of drug-likeness (QED) is 0.301. The normalized spacial score (nSPS) is 19.3. The standard InChI is InChI=1S/C18H40N4.2ClHO4.Cu/c1-5-9-21-13-7-11-19(3)15-16-20(4)12-8-14-22(10-6-2)18-17-21;2*2-1(3,4)5;/h5-18H2,1-4H3;2*(H,2,3,4,5);. The van der Waals surface area contributed by atoms with Gasteiger partial charge in [0.15, 0.2) is 0 Å². The zero-order valence-corrected chi connectivity index (χ0v) is 22.5. The number of rotatable bonds is 4. The van der Waals surface area contributed by atoms with Gasteiger partial charge in [0.25, 0.3) is 0 Å². The second kappa shape index (κ2) is 21.9. The SMILES string of the molecule is CCCN1CCCN(C)CCN(C)CCCN(CCC)CC1.[Cu].[O-][Cl+3]([O-])([O-])O.[O-][Cl+3]([O-])([O-])O. The van der Waals surface area contributed by atoms with Gasteiger partial charge in [0.05, 0.1) is 29.8 Å². The summed E-state index contributed by atoms with van der Waals surface area (Å²) in [7, 11) is -4.85. The van der Waals surface area contributed by atoms with Crippen molar-refractivity contribution in [1.29, 1.82) is 0 Å². The van der Waals surface area contributed by atoms with E-state index in [1.165, 1.54) is 91.1 Å². The van der Waals surface area contributed by atoms with E-state index in [2.05, 4.69) is 47.5 Å². The largest absolute Gasteiger partial charge is 0.305 e. The van der Waals surface area contributed by atoms with Gasteiger partial charge < -0.3 is 19.6 Å². The molecule has 0 atom stereocenters. The van der Waals surface area contributed by atoms with E-state index in [4.69, 9.17) is 37.3 Å². The first-order valence-electron chi connectivity index (χ1n) is 10.7. The Kier molecular flexibility index (Phi) is 25.3. The van der Waals surface area contributed by atoms with Gasteiger partial charge >= 0.3 is 0 Å². The van der Waals surface area contributed by atoms with Gasteiger partial charge in [0, 0.05) is 43.2 Å². The predicted octanol–water partition coefficient (Wildman–Crippen LogP) is -6.18. The molecule has 1 aliphatic rings. The van der Waals surface area contributed by atoms with E-state index < -0.39 is 20.5 Å². The third kappa shape index (κ3) is 37.3. The maximum absolute atomic E-state index is 8.60. The summed E-state index contributed by atoms with van der Waals surface area (Å²) in [5.41, 5.74) is 0. The smallest absolute Gasteiger partial charge is 0.0777 e. The number of halogens is 2. The van der Waals surface area contributed by atoms with Crippen LogP contribution >= 0.6 is 0 Å². The van der Waals surface area contributed by atoms with E-state index in [0.29, 0.717) is 0 Å². The van der Waals surface area contributed by atoms with Crippen molar-refractivity contribution in [1.82, 2.24) is 19.6 Å². The Morgan fingerprint density at radius 1 is 0.576 bits per heavy atom. The summed E-state index contributed by atoms with van der Waals surface area (Å²) >= 11 is 0. The van der Waals surface area contributed by atoms with Crippen LogP contribution in [0.5, 0.6) is 0 Å². The van der Waals surface area contributed by atoms with Gasteiger partial charge in [0.1, 0.15) is 0 Å². The molecule has 207 valence electrons. The van der Waals surface area contributed by atoms with Crippen LogP contribution in [0.1, 0.15) is 39.5 Å². The molecule has 0 aromatic heterocycles. The Balaban J connectivity index is -0.000000686. The Morgan fingerprint density at radius 2 is 0.848 bits per heavy atom. The molecule has 0 aromatic carbocycles. The second-order valence-corrected chi connectivity index (χ2v) is 9.37. The van der Waals surface area contributed by atoms with Gasteiger partial charge in [-0.2, -0.15) is 28.0 Å². The molecular formula is C18H42Cl2CuN4O8. The zero-order valence-electron chi connectivity index (χ0n) is 20.1. The van der Waals surface area contributed by atoms with Crippen LogP contribution in [0.25, 0.3) is 0 Å². The van der Waals surface area contributed by atoms with Gasteiger partial charge in [-0.05, 0) is 79.0 Å². The minimum atomic E-state index is -4.69. The first kappa shape index (κ1) is 38.2. The molecule has 1 rings (SSSR count). The van der Waals surface area contributed by atoms with E-state index >= 15 is 0 Å². The molecule has 12 nitrogen and oxygen atoms in total. The zero-order chi connectivity index (χ0) is 25.2. The molecule has 2 N–H and O–H groups in total. The van der Waals surface area contributed by atoms with Crippen molar-refractivity contribution in [2.24, 2.45) is 0 Å². The Bertz CT molecular complexity index is 387. The van der Waals surface area contributed by atoms with Crippen LogP contribution < -0.4 is 28.0 Å². The minimum Gasteiger partial charge on any atom is -0.305 e. The van der Waals surface area contributed by atoms with Gasteiger partial charge in [-0.25, -0.2) is 0 Å². The minimum absolute atomic E-state index is 0. The van der Waals surface area contributed by atoms with Crippen LogP contribution in [0.4, 0.5) is 0 Å². The fraction of sp³-hybridized carbons (Fsp3) is 1.00. The molecule has 0 saturated carbocycles. The van der Waals surface area contributed by atoms with Gasteiger partial charge in [-0.15, -0.1) is 0 Å². The van der Waals surface area contributed by atoms with Crippen LogP contribution in [0.3, 0.4) is 0 Å². The van der Waals surface area contributed by atoms with Gasteiger partial charge in [0.2, 0.25) is 0 Å². The van der Waals surface area contributed by atoms with Crippen molar-refractivity contribution < 1.29 is 74.8 Å². The average Bonchev–Trinajstić information content (AvgIpc) is 2.61. The molecule has 0 spiro atoms. The summed E-state index contributed by atoms with van der Waals surface area (Å²) in [4.78, 5) is 10.3. The van der Waals surface area contributed by atoms with Crippen molar-refractivity contribution in [3.63, 3.8) is 0 Å². The van der Waals surface area contributed by atoms with Crippen molar-refractivity contribution in [3.05, 3.63) is 0 Å². The maximum Gasteiger partial charge on any atom is 0.0777 e. The van der Waals surface area contributed by atoms with Crippen LogP contribution in [-0.4, -0.2) is 108 Å². The summed E-state index contributed by atoms with van der Waals surface area (Å²) < 4.78 is 65.4. The first-order chi connectivity index (χ1) is 14.7. The van der Waals surface area contributed by atoms with Crippen LogP contribution in [0.2, 0.25) is 0 Å². The number of hydrogen-bond acceptors (Lipinski definition) is 12. The predicted molar refractivity (Wildman–Crippen MR) is 102 cm³/mol. The summed E-state index contributed by atoms with van der Waals surface area (Å²) in [6.07, 6.45) is 5.14. The maximum atomic E-state index is 8.60. The number of nitrogens with zero attached hydrogens (tertiary/aromatic N) is 4. The summed E-state index contributed by atoms with van der Waals surface area (Å²) in [5.74, 6) is 0. The van der Waals surface area contributed by atoms with Crippen LogP contribution in [-0.2, 0) is 17.1 Å². The molecule has 1 aliphatic heterocycles. The number of likely N-dealkylation sites (N-methyl/N-ethyl adjacent to an activating group) is 2. The molecule has 0 aromatic rings. The molecule has 15 heteroatoms. The summed E-state index contributed by atoms with van der Waals surface area (Å²) in [6.45, 7) is 17.0. The molecule has 0 aliphatic carbocycles. The van der Waals surface area contributed by atoms with E-state index in [1.54, 1.807) is 0 Å². The molecule has 1 fully saturated rings. The Labute approximate surface area is 213 Å². The summed E-state index contributed by atoms with van der Waals surface area (Å²) in [5, 5.41) is 0. The third-order valence-corrected chi connectivity index (χ3v) is 4.70. The fourth-order valence-electron chi connectivity index (χ4n) is 3.28. The molecule has 1 radical (unpaired) electrons. The third-order valence-electron chi connectivity index (χ3n) is 4.70. The molecule has 0 amide bonds. The topological polar surface area (TPSA) is 192 Å². The molecule has 1 saturated heterocycles. The first-order valence-corrected chi connectivity index (χ1v) is 13.3. The van der Waals surface area contributed by atoms with Gasteiger partial charge in [-0.1, -0.05) is 13.8 Å².